The van der Waals surface area contributed by atoms with Crippen LogP contribution in [-0.2, 0) is 24.8 Å². The van der Waals surface area contributed by atoms with Gasteiger partial charge in [0.25, 0.3) is 5.56 Å². The number of carbonyl (C=O) groups excluding carboxylic acids is 1. The molecule has 0 spiro atoms. The summed E-state index contributed by atoms with van der Waals surface area (Å²) in [6.07, 6.45) is 2.51. The van der Waals surface area contributed by atoms with Crippen molar-refractivity contribution < 1.29 is 4.79 Å². The van der Waals surface area contributed by atoms with Crippen molar-refractivity contribution in [3.63, 3.8) is 0 Å². The van der Waals surface area contributed by atoms with Crippen LogP contribution < -0.4 is 21.5 Å². The molecule has 3 aromatic rings. The third-order valence-electron chi connectivity index (χ3n) is 5.48. The molecule has 9 nitrogen and oxygen atoms in total. The molecule has 2 aromatic heterocycles. The maximum absolute atomic E-state index is 13.3. The van der Waals surface area contributed by atoms with Gasteiger partial charge in [0.05, 0.1) is 11.1 Å². The van der Waals surface area contributed by atoms with Crippen molar-refractivity contribution in [2.45, 2.75) is 19.9 Å². The third kappa shape index (κ3) is 3.91. The maximum Gasteiger partial charge on any atom is 0.254 e. The molecule has 0 unspecified atom stereocenters. The summed E-state index contributed by atoms with van der Waals surface area (Å²) in [6.45, 7) is 3.26. The summed E-state index contributed by atoms with van der Waals surface area (Å²) in [7, 11) is 1.86. The first kappa shape index (κ1) is 19.7. The number of carbonyl (C=O) groups is 1. The topological polar surface area (TPSA) is 122 Å². The van der Waals surface area contributed by atoms with Gasteiger partial charge in [-0.25, -0.2) is 0 Å². The fraction of sp³-hybridized carbons (Fsp3) is 0.333. The van der Waals surface area contributed by atoms with Gasteiger partial charge < -0.3 is 16.0 Å². The van der Waals surface area contributed by atoms with Gasteiger partial charge in [-0.2, -0.15) is 10.1 Å². The molecule has 0 radical (unpaired) electrons. The van der Waals surface area contributed by atoms with Crippen molar-refractivity contribution in [1.82, 2.24) is 25.1 Å². The van der Waals surface area contributed by atoms with E-state index in [0.29, 0.717) is 31.9 Å². The Morgan fingerprint density at radius 1 is 1.30 bits per heavy atom. The highest BCUT2D eigenvalue weighted by Gasteiger charge is 2.49. The molecule has 9 heteroatoms. The number of aromatic nitrogens is 4. The number of benzene rings is 1. The summed E-state index contributed by atoms with van der Waals surface area (Å²) in [5.74, 6) is 0.522. The number of H-pyrrole nitrogens is 1. The van der Waals surface area contributed by atoms with E-state index in [1.807, 2.05) is 55.4 Å². The first-order valence-corrected chi connectivity index (χ1v) is 9.78. The van der Waals surface area contributed by atoms with E-state index in [0.717, 1.165) is 16.8 Å². The van der Waals surface area contributed by atoms with Gasteiger partial charge in [0.1, 0.15) is 5.82 Å². The second kappa shape index (κ2) is 7.66. The molecule has 4 rings (SSSR count). The number of aromatic amines is 1. The largest absolute Gasteiger partial charge is 0.369 e. The molecule has 0 atom stereocenters. The van der Waals surface area contributed by atoms with Crippen molar-refractivity contribution in [3.8, 4) is 0 Å². The van der Waals surface area contributed by atoms with Crippen molar-refractivity contribution in [2.75, 3.05) is 23.7 Å². The van der Waals surface area contributed by atoms with Crippen molar-refractivity contribution in [2.24, 2.45) is 12.5 Å². The summed E-state index contributed by atoms with van der Waals surface area (Å²) in [4.78, 5) is 33.6. The Morgan fingerprint density at radius 2 is 2.03 bits per heavy atom. The van der Waals surface area contributed by atoms with E-state index in [2.05, 4.69) is 20.4 Å². The van der Waals surface area contributed by atoms with Crippen LogP contribution in [0.25, 0.3) is 0 Å². The summed E-state index contributed by atoms with van der Waals surface area (Å²) in [5.41, 5.74) is 7.72. The Labute approximate surface area is 173 Å². The zero-order valence-electron chi connectivity index (χ0n) is 17.1. The first-order chi connectivity index (χ1) is 14.3. The van der Waals surface area contributed by atoms with Crippen LogP contribution in [0.5, 0.6) is 0 Å². The average Bonchev–Trinajstić information content (AvgIpc) is 2.99. The number of nitrogen functional groups attached to an aromatic ring is 1. The number of anilines is 2. The molecular weight excluding hydrogens is 382 g/mol. The normalized spacial score (nSPS) is 14.9. The monoisotopic (exact) mass is 407 g/mol. The van der Waals surface area contributed by atoms with E-state index in [1.54, 1.807) is 4.68 Å². The van der Waals surface area contributed by atoms with Gasteiger partial charge in [0, 0.05) is 44.5 Å². The molecule has 0 saturated carbocycles. The Bertz CT molecular complexity index is 1110. The standard InChI is InChI=1S/C21H25N7O2/c1-14-16(11-27(2)26-14)10-23-19(30)21(9-15-6-4-3-5-7-15)12-28(13-21)17-8-18(29)25-20(22)24-17/h3-8,11H,9-10,12-13H2,1-2H3,(H,23,30)(H3,22,24,25,29). The summed E-state index contributed by atoms with van der Waals surface area (Å²) in [6, 6.07) is 11.3. The Balaban J connectivity index is 1.53. The molecule has 1 amide bonds. The Hall–Kier alpha value is -3.62. The fourth-order valence-electron chi connectivity index (χ4n) is 3.98. The second-order valence-corrected chi connectivity index (χ2v) is 7.88. The smallest absolute Gasteiger partial charge is 0.254 e. The SMILES string of the molecule is Cc1nn(C)cc1CNC(=O)C1(Cc2ccccc2)CN(c2cc(=O)[nH]c(N)n2)C1. The number of hydrogen-bond donors (Lipinski definition) is 3. The van der Waals surface area contributed by atoms with Gasteiger partial charge in [-0.15, -0.1) is 0 Å². The average molecular weight is 407 g/mol. The van der Waals surface area contributed by atoms with Crippen LogP contribution in [0.1, 0.15) is 16.8 Å². The van der Waals surface area contributed by atoms with Crippen LogP contribution >= 0.6 is 0 Å². The Morgan fingerprint density at radius 3 is 2.67 bits per heavy atom. The van der Waals surface area contributed by atoms with E-state index < -0.39 is 5.41 Å². The van der Waals surface area contributed by atoms with E-state index in [-0.39, 0.29) is 17.4 Å². The number of nitrogens with one attached hydrogen (secondary N) is 2. The van der Waals surface area contributed by atoms with Crippen LogP contribution in [-0.4, -0.2) is 38.7 Å². The highest BCUT2D eigenvalue weighted by Crippen LogP contribution is 2.37. The van der Waals surface area contributed by atoms with Gasteiger partial charge in [-0.05, 0) is 18.9 Å². The first-order valence-electron chi connectivity index (χ1n) is 9.78. The highest BCUT2D eigenvalue weighted by molar-refractivity contribution is 5.86. The molecule has 1 saturated heterocycles. The molecule has 30 heavy (non-hydrogen) atoms. The fourth-order valence-corrected chi connectivity index (χ4v) is 3.98. The molecule has 1 aliphatic heterocycles. The van der Waals surface area contributed by atoms with E-state index in [4.69, 9.17) is 5.73 Å². The number of amides is 1. The lowest BCUT2D eigenvalue weighted by atomic mass is 9.73. The van der Waals surface area contributed by atoms with Gasteiger partial charge in [0.15, 0.2) is 0 Å². The van der Waals surface area contributed by atoms with Crippen molar-refractivity contribution in [3.05, 3.63) is 69.8 Å². The number of hydrogen-bond acceptors (Lipinski definition) is 6. The zero-order chi connectivity index (χ0) is 21.3. The minimum absolute atomic E-state index is 0.0244. The van der Waals surface area contributed by atoms with Crippen LogP contribution in [0.4, 0.5) is 11.8 Å². The molecule has 156 valence electrons. The maximum atomic E-state index is 13.3. The van der Waals surface area contributed by atoms with Gasteiger partial charge in [-0.1, -0.05) is 30.3 Å². The predicted molar refractivity (Wildman–Crippen MR) is 114 cm³/mol. The van der Waals surface area contributed by atoms with Gasteiger partial charge >= 0.3 is 0 Å². The van der Waals surface area contributed by atoms with Crippen molar-refractivity contribution >= 4 is 17.7 Å². The van der Waals surface area contributed by atoms with E-state index in [1.165, 1.54) is 6.07 Å². The lowest BCUT2D eigenvalue weighted by Crippen LogP contribution is -2.64. The third-order valence-corrected chi connectivity index (χ3v) is 5.48. The van der Waals surface area contributed by atoms with E-state index >= 15 is 0 Å². The number of nitrogens with two attached hydrogens (primary N) is 1. The summed E-state index contributed by atoms with van der Waals surface area (Å²) >= 11 is 0. The van der Waals surface area contributed by atoms with Crippen LogP contribution in [0.3, 0.4) is 0 Å². The van der Waals surface area contributed by atoms with Gasteiger partial charge in [0.2, 0.25) is 11.9 Å². The number of aryl methyl sites for hydroxylation is 2. The molecule has 0 aliphatic carbocycles. The van der Waals surface area contributed by atoms with Crippen LogP contribution in [0.2, 0.25) is 0 Å². The Kier molecular flexibility index (Phi) is 5.03. The summed E-state index contributed by atoms with van der Waals surface area (Å²) < 4.78 is 1.74. The van der Waals surface area contributed by atoms with Crippen molar-refractivity contribution in [1.29, 1.82) is 0 Å². The molecule has 1 aromatic carbocycles. The van der Waals surface area contributed by atoms with Gasteiger partial charge in [-0.3, -0.25) is 19.3 Å². The molecule has 1 aliphatic rings. The molecule has 1 fully saturated rings. The van der Waals surface area contributed by atoms with Crippen LogP contribution in [0, 0.1) is 12.3 Å². The number of rotatable bonds is 6. The lowest BCUT2D eigenvalue weighted by Gasteiger charge is -2.49. The minimum Gasteiger partial charge on any atom is -0.369 e. The van der Waals surface area contributed by atoms with E-state index in [9.17, 15) is 9.59 Å². The second-order valence-electron chi connectivity index (χ2n) is 7.88. The molecule has 0 bridgehead atoms. The quantitative estimate of drug-likeness (QED) is 0.555. The zero-order valence-corrected chi connectivity index (χ0v) is 17.1. The van der Waals surface area contributed by atoms with Crippen LogP contribution in [0.15, 0.2) is 47.4 Å². The molecular formula is C21H25N7O2. The highest BCUT2D eigenvalue weighted by atomic mass is 16.2. The summed E-state index contributed by atoms with van der Waals surface area (Å²) in [5, 5.41) is 7.40. The predicted octanol–water partition coefficient (Wildman–Crippen LogP) is 0.760. The molecule has 4 N–H and O–H groups in total. The molecule has 3 heterocycles. The minimum atomic E-state index is -0.615. The lowest BCUT2D eigenvalue weighted by molar-refractivity contribution is -0.132. The number of nitrogens with zero attached hydrogens (tertiary/aromatic N) is 4.